The molecule has 0 saturated heterocycles. The van der Waals surface area contributed by atoms with E-state index in [1.54, 1.807) is 24.3 Å². The second-order valence-electron chi connectivity index (χ2n) is 6.99. The van der Waals surface area contributed by atoms with Gasteiger partial charge in [0.25, 0.3) is 0 Å². The van der Waals surface area contributed by atoms with Crippen molar-refractivity contribution in [2.45, 2.75) is 44.3 Å². The zero-order valence-corrected chi connectivity index (χ0v) is 16.5. The molecule has 1 atom stereocenters. The molecule has 1 aliphatic carbocycles. The van der Waals surface area contributed by atoms with Crippen LogP contribution in [0.1, 0.15) is 32.1 Å². The minimum absolute atomic E-state index is 0.0486. The zero-order chi connectivity index (χ0) is 20.0. The van der Waals surface area contributed by atoms with Crippen molar-refractivity contribution in [3.8, 4) is 11.5 Å². The molecule has 0 amide bonds. The molecule has 7 heteroatoms. The van der Waals surface area contributed by atoms with Gasteiger partial charge in [0.1, 0.15) is 11.5 Å². The van der Waals surface area contributed by atoms with Crippen LogP contribution < -0.4 is 10.0 Å². The minimum atomic E-state index is -3.25. The average Bonchev–Trinajstić information content (AvgIpc) is 2.71. The molecule has 6 nitrogen and oxygen atoms in total. The lowest BCUT2D eigenvalue weighted by atomic mass is 9.95. The monoisotopic (exact) mass is 404 g/mol. The largest absolute Gasteiger partial charge is 0.508 e. The van der Waals surface area contributed by atoms with Crippen molar-refractivity contribution >= 4 is 18.6 Å². The van der Waals surface area contributed by atoms with Gasteiger partial charge >= 0.3 is 5.97 Å². The fourth-order valence-electron chi connectivity index (χ4n) is 3.22. The highest BCUT2D eigenvalue weighted by atomic mass is 31.2. The molecule has 2 aromatic rings. The molecule has 0 aliphatic heterocycles. The Morgan fingerprint density at radius 2 is 1.64 bits per heavy atom. The first-order valence-electron chi connectivity index (χ1n) is 9.45. The van der Waals surface area contributed by atoms with E-state index in [2.05, 4.69) is 0 Å². The number of carbonyl (C=O) groups is 1. The number of aliphatic hydroxyl groups excluding tert-OH is 1. The minimum Gasteiger partial charge on any atom is -0.508 e. The van der Waals surface area contributed by atoms with Gasteiger partial charge in [-0.05, 0) is 62.1 Å². The summed E-state index contributed by atoms with van der Waals surface area (Å²) in [7, 11) is -3.25. The molecule has 1 saturated carbocycles. The van der Waals surface area contributed by atoms with Gasteiger partial charge < -0.3 is 19.5 Å². The van der Waals surface area contributed by atoms with Crippen LogP contribution >= 0.6 is 7.37 Å². The highest BCUT2D eigenvalue weighted by Gasteiger charge is 2.32. The van der Waals surface area contributed by atoms with Crippen LogP contribution in [-0.4, -0.2) is 34.6 Å². The molecule has 2 N–H and O–H groups in total. The standard InChI is InChI=1S/C21H25O6P/c22-16-6-10-18(11-7-16)26-21(24)14-15-28(25,20-4-2-1-3-5-20)27-19-12-8-17(23)9-13-19/h1-7,10-11,17,19,22-23H,8-9,12-15H2. The van der Waals surface area contributed by atoms with Crippen molar-refractivity contribution in [3.63, 3.8) is 0 Å². The van der Waals surface area contributed by atoms with E-state index >= 15 is 0 Å². The van der Waals surface area contributed by atoms with E-state index < -0.39 is 13.3 Å². The number of carbonyl (C=O) groups excluding carboxylic acids is 1. The molecule has 28 heavy (non-hydrogen) atoms. The van der Waals surface area contributed by atoms with Gasteiger partial charge in [-0.15, -0.1) is 0 Å². The van der Waals surface area contributed by atoms with Crippen LogP contribution in [0.4, 0.5) is 0 Å². The Bertz CT molecular complexity index is 813. The molecule has 150 valence electrons. The molecule has 0 radical (unpaired) electrons. The first-order chi connectivity index (χ1) is 13.4. The number of ether oxygens (including phenoxy) is 1. The molecular weight excluding hydrogens is 379 g/mol. The Morgan fingerprint density at radius 1 is 1.00 bits per heavy atom. The van der Waals surface area contributed by atoms with Crippen LogP contribution in [0.25, 0.3) is 0 Å². The van der Waals surface area contributed by atoms with E-state index in [-0.39, 0.29) is 30.5 Å². The lowest BCUT2D eigenvalue weighted by Gasteiger charge is -2.29. The predicted octanol–water partition coefficient (Wildman–Crippen LogP) is 3.61. The van der Waals surface area contributed by atoms with Crippen molar-refractivity contribution in [3.05, 3.63) is 54.6 Å². The number of phenolic OH excluding ortho intramolecular Hbond substituents is 1. The van der Waals surface area contributed by atoms with Crippen LogP contribution in [0, 0.1) is 0 Å². The van der Waals surface area contributed by atoms with Gasteiger partial charge in [-0.3, -0.25) is 9.36 Å². The van der Waals surface area contributed by atoms with Gasteiger partial charge in [0.15, 0.2) is 0 Å². The number of aromatic hydroxyl groups is 1. The van der Waals surface area contributed by atoms with Gasteiger partial charge in [-0.1, -0.05) is 18.2 Å². The topological polar surface area (TPSA) is 93.1 Å². The SMILES string of the molecule is O=C(CCP(=O)(OC1CCC(O)CC1)c1ccccc1)Oc1ccc(O)cc1. The maximum absolute atomic E-state index is 13.6. The Morgan fingerprint density at radius 3 is 2.29 bits per heavy atom. The Hall–Kier alpha value is -2.14. The van der Waals surface area contributed by atoms with Crippen LogP contribution in [0.5, 0.6) is 11.5 Å². The Labute approximate surface area is 164 Å². The lowest BCUT2D eigenvalue weighted by molar-refractivity contribution is -0.133. The normalized spacial score (nSPS) is 21.6. The molecule has 3 rings (SSSR count). The van der Waals surface area contributed by atoms with Crippen molar-refractivity contribution in [2.24, 2.45) is 0 Å². The number of aliphatic hydroxyl groups is 1. The summed E-state index contributed by atoms with van der Waals surface area (Å²) < 4.78 is 24.9. The number of phenols is 1. The zero-order valence-electron chi connectivity index (χ0n) is 15.6. The van der Waals surface area contributed by atoms with Gasteiger partial charge in [-0.25, -0.2) is 0 Å². The molecule has 1 aliphatic rings. The summed E-state index contributed by atoms with van der Waals surface area (Å²) in [4.78, 5) is 12.2. The van der Waals surface area contributed by atoms with E-state index in [9.17, 15) is 19.6 Å². The molecule has 0 spiro atoms. The fourth-order valence-corrected chi connectivity index (χ4v) is 5.51. The number of rotatable bonds is 7. The smallest absolute Gasteiger partial charge is 0.311 e. The number of benzene rings is 2. The Kier molecular flexibility index (Phi) is 6.89. The first kappa shape index (κ1) is 20.6. The van der Waals surface area contributed by atoms with Gasteiger partial charge in [0.2, 0.25) is 7.37 Å². The van der Waals surface area contributed by atoms with Crippen LogP contribution in [0.2, 0.25) is 0 Å². The quantitative estimate of drug-likeness (QED) is 0.416. The van der Waals surface area contributed by atoms with Gasteiger partial charge in [0, 0.05) is 11.5 Å². The third-order valence-corrected chi connectivity index (χ3v) is 7.33. The van der Waals surface area contributed by atoms with Crippen molar-refractivity contribution in [2.75, 3.05) is 6.16 Å². The van der Waals surface area contributed by atoms with E-state index in [4.69, 9.17) is 9.26 Å². The summed E-state index contributed by atoms with van der Waals surface area (Å²) in [5, 5.41) is 19.5. The summed E-state index contributed by atoms with van der Waals surface area (Å²) >= 11 is 0. The van der Waals surface area contributed by atoms with Crippen LogP contribution in [0.3, 0.4) is 0 Å². The summed E-state index contributed by atoms with van der Waals surface area (Å²) in [6.45, 7) is 0. The van der Waals surface area contributed by atoms with Crippen molar-refractivity contribution < 1.29 is 28.8 Å². The molecular formula is C21H25O6P. The molecule has 0 heterocycles. The Balaban J connectivity index is 1.66. The molecule has 1 unspecified atom stereocenters. The molecule has 0 aromatic heterocycles. The molecule has 0 bridgehead atoms. The van der Waals surface area contributed by atoms with Gasteiger partial charge in [-0.2, -0.15) is 0 Å². The van der Waals surface area contributed by atoms with E-state index in [1.807, 2.05) is 6.07 Å². The van der Waals surface area contributed by atoms with Crippen molar-refractivity contribution in [1.82, 2.24) is 0 Å². The maximum Gasteiger partial charge on any atom is 0.311 e. The summed E-state index contributed by atoms with van der Waals surface area (Å²) in [6, 6.07) is 14.8. The summed E-state index contributed by atoms with van der Waals surface area (Å²) in [5.41, 5.74) is 0. The highest BCUT2D eigenvalue weighted by Crippen LogP contribution is 2.49. The fraction of sp³-hybridized carbons (Fsp3) is 0.381. The van der Waals surface area contributed by atoms with E-state index in [1.165, 1.54) is 24.3 Å². The molecule has 2 aromatic carbocycles. The number of hydrogen-bond acceptors (Lipinski definition) is 6. The average molecular weight is 404 g/mol. The van der Waals surface area contributed by atoms with Crippen LogP contribution in [0.15, 0.2) is 54.6 Å². The van der Waals surface area contributed by atoms with E-state index in [0.29, 0.717) is 36.7 Å². The van der Waals surface area contributed by atoms with Crippen LogP contribution in [-0.2, 0) is 13.9 Å². The first-order valence-corrected chi connectivity index (χ1v) is 11.3. The predicted molar refractivity (Wildman–Crippen MR) is 106 cm³/mol. The van der Waals surface area contributed by atoms with Crippen molar-refractivity contribution in [1.29, 1.82) is 0 Å². The summed E-state index contributed by atoms with van der Waals surface area (Å²) in [6.07, 6.45) is 2.03. The third kappa shape index (κ3) is 5.68. The summed E-state index contributed by atoms with van der Waals surface area (Å²) in [5.74, 6) is -0.108. The number of hydrogen-bond donors (Lipinski definition) is 2. The van der Waals surface area contributed by atoms with Gasteiger partial charge in [0.05, 0.1) is 18.6 Å². The lowest BCUT2D eigenvalue weighted by Crippen LogP contribution is -2.26. The van der Waals surface area contributed by atoms with E-state index in [0.717, 1.165) is 0 Å². The third-order valence-electron chi connectivity index (χ3n) is 4.79. The second kappa shape index (κ2) is 9.37. The maximum atomic E-state index is 13.6. The second-order valence-corrected chi connectivity index (χ2v) is 9.51. The molecule has 1 fully saturated rings. The highest BCUT2D eigenvalue weighted by molar-refractivity contribution is 7.67. The number of esters is 1.